The van der Waals surface area contributed by atoms with Gasteiger partial charge in [-0.2, -0.15) is 9.90 Å². The van der Waals surface area contributed by atoms with E-state index in [0.717, 1.165) is 0 Å². The highest BCUT2D eigenvalue weighted by atomic mass is 19.1. The number of nitrogens with zero attached hydrogens (tertiary/aromatic N) is 3. The van der Waals surface area contributed by atoms with Crippen molar-refractivity contribution < 1.29 is 19.1 Å². The van der Waals surface area contributed by atoms with Gasteiger partial charge in [-0.15, -0.1) is 5.10 Å². The second-order valence-corrected chi connectivity index (χ2v) is 5.17. The van der Waals surface area contributed by atoms with Gasteiger partial charge in [0.1, 0.15) is 5.82 Å². The first-order valence-corrected chi connectivity index (χ1v) is 6.75. The van der Waals surface area contributed by atoms with Gasteiger partial charge >= 0.3 is 5.97 Å². The smallest absolute Gasteiger partial charge is 0.306 e. The summed E-state index contributed by atoms with van der Waals surface area (Å²) in [7, 11) is 0. The molecule has 1 fully saturated rings. The second kappa shape index (κ2) is 5.55. The van der Waals surface area contributed by atoms with Crippen LogP contribution in [0, 0.1) is 11.7 Å². The quantitative estimate of drug-likeness (QED) is 0.878. The van der Waals surface area contributed by atoms with Crippen LogP contribution in [0.5, 0.6) is 0 Å². The fraction of sp³-hybridized carbons (Fsp3) is 0.286. The van der Waals surface area contributed by atoms with Gasteiger partial charge in [0.25, 0.3) is 5.91 Å². The van der Waals surface area contributed by atoms with E-state index in [1.807, 2.05) is 0 Å². The number of aromatic nitrogens is 3. The number of aliphatic carboxylic acids is 1. The van der Waals surface area contributed by atoms with Crippen molar-refractivity contribution in [3.05, 3.63) is 42.0 Å². The van der Waals surface area contributed by atoms with Gasteiger partial charge < -0.3 is 10.4 Å². The molecule has 0 bridgehead atoms. The van der Waals surface area contributed by atoms with Crippen LogP contribution in [0.15, 0.2) is 30.5 Å². The van der Waals surface area contributed by atoms with E-state index in [0.29, 0.717) is 18.5 Å². The van der Waals surface area contributed by atoms with E-state index in [9.17, 15) is 14.0 Å². The Kier molecular flexibility index (Phi) is 3.58. The van der Waals surface area contributed by atoms with Crippen molar-refractivity contribution in [2.45, 2.75) is 18.9 Å². The van der Waals surface area contributed by atoms with Crippen LogP contribution in [-0.4, -0.2) is 38.0 Å². The molecule has 2 aromatic rings. The largest absolute Gasteiger partial charge is 0.481 e. The van der Waals surface area contributed by atoms with Crippen LogP contribution in [0.2, 0.25) is 0 Å². The second-order valence-electron chi connectivity index (χ2n) is 5.17. The van der Waals surface area contributed by atoms with Crippen LogP contribution in [0.25, 0.3) is 5.69 Å². The Morgan fingerprint density at radius 2 is 1.95 bits per heavy atom. The fourth-order valence-corrected chi connectivity index (χ4v) is 2.26. The Morgan fingerprint density at radius 1 is 1.27 bits per heavy atom. The van der Waals surface area contributed by atoms with Gasteiger partial charge in [-0.25, -0.2) is 4.39 Å². The molecule has 0 atom stereocenters. The normalized spacial score (nSPS) is 20.2. The molecular formula is C14H13FN4O3. The number of hydrogen-bond donors (Lipinski definition) is 2. The van der Waals surface area contributed by atoms with Crippen molar-refractivity contribution in [3.8, 4) is 5.69 Å². The summed E-state index contributed by atoms with van der Waals surface area (Å²) in [4.78, 5) is 23.9. The summed E-state index contributed by atoms with van der Waals surface area (Å²) in [6.45, 7) is 0. The third-order valence-corrected chi connectivity index (χ3v) is 3.60. The zero-order valence-corrected chi connectivity index (χ0v) is 11.4. The van der Waals surface area contributed by atoms with E-state index in [4.69, 9.17) is 5.11 Å². The number of benzene rings is 1. The standard InChI is InChI=1S/C14H13FN4O3/c15-9-1-3-11(4-2-9)19-16-7-12(18-19)13(20)17-10-5-8(6-10)14(21)22/h1-4,7-8,10H,5-6H2,(H,17,20)(H,21,22). The van der Waals surface area contributed by atoms with Gasteiger partial charge in [0.15, 0.2) is 5.69 Å². The van der Waals surface area contributed by atoms with Gasteiger partial charge in [0, 0.05) is 6.04 Å². The zero-order valence-electron chi connectivity index (χ0n) is 11.4. The molecule has 1 saturated carbocycles. The maximum Gasteiger partial charge on any atom is 0.306 e. The highest BCUT2D eigenvalue weighted by Crippen LogP contribution is 2.27. The first-order valence-electron chi connectivity index (χ1n) is 6.75. The minimum absolute atomic E-state index is 0.128. The van der Waals surface area contributed by atoms with Gasteiger partial charge in [0.2, 0.25) is 0 Å². The lowest BCUT2D eigenvalue weighted by Crippen LogP contribution is -2.46. The number of carbonyl (C=O) groups excluding carboxylic acids is 1. The molecule has 0 spiro atoms. The topological polar surface area (TPSA) is 97.1 Å². The molecule has 2 N–H and O–H groups in total. The molecule has 1 heterocycles. The van der Waals surface area contributed by atoms with Crippen molar-refractivity contribution in [2.24, 2.45) is 5.92 Å². The highest BCUT2D eigenvalue weighted by molar-refractivity contribution is 5.92. The molecule has 22 heavy (non-hydrogen) atoms. The predicted molar refractivity (Wildman–Crippen MR) is 72.9 cm³/mol. The lowest BCUT2D eigenvalue weighted by molar-refractivity contribution is -0.145. The average molecular weight is 304 g/mol. The maximum atomic E-state index is 12.9. The number of hydrogen-bond acceptors (Lipinski definition) is 4. The molecule has 1 aromatic carbocycles. The van der Waals surface area contributed by atoms with Crippen molar-refractivity contribution in [1.29, 1.82) is 0 Å². The summed E-state index contributed by atoms with van der Waals surface area (Å²) >= 11 is 0. The van der Waals surface area contributed by atoms with E-state index < -0.39 is 11.9 Å². The van der Waals surface area contributed by atoms with E-state index in [2.05, 4.69) is 15.5 Å². The number of carboxylic acids is 1. The van der Waals surface area contributed by atoms with E-state index in [-0.39, 0.29) is 23.5 Å². The van der Waals surface area contributed by atoms with Crippen LogP contribution in [0.1, 0.15) is 23.3 Å². The Balaban J connectivity index is 1.63. The third-order valence-electron chi connectivity index (χ3n) is 3.60. The molecule has 1 aromatic heterocycles. The molecule has 8 heteroatoms. The van der Waals surface area contributed by atoms with E-state index in [1.165, 1.54) is 35.3 Å². The van der Waals surface area contributed by atoms with Crippen molar-refractivity contribution in [1.82, 2.24) is 20.3 Å². The van der Waals surface area contributed by atoms with Crippen LogP contribution in [0.4, 0.5) is 4.39 Å². The van der Waals surface area contributed by atoms with Crippen LogP contribution >= 0.6 is 0 Å². The number of halogens is 1. The molecule has 3 rings (SSSR count). The predicted octanol–water partition coefficient (Wildman–Crippen LogP) is 0.999. The number of rotatable bonds is 4. The fourth-order valence-electron chi connectivity index (χ4n) is 2.26. The molecule has 1 amide bonds. The van der Waals surface area contributed by atoms with Crippen LogP contribution in [0.3, 0.4) is 0 Å². The molecule has 114 valence electrons. The summed E-state index contributed by atoms with van der Waals surface area (Å²) in [5.74, 6) is -2.00. The molecule has 1 aliphatic rings. The molecule has 7 nitrogen and oxygen atoms in total. The minimum Gasteiger partial charge on any atom is -0.481 e. The molecule has 0 aliphatic heterocycles. The SMILES string of the molecule is O=C(NC1CC(C(=O)O)C1)c1cnn(-c2ccc(F)cc2)n1. The van der Waals surface area contributed by atoms with Crippen LogP contribution < -0.4 is 5.32 Å². The van der Waals surface area contributed by atoms with Crippen LogP contribution in [-0.2, 0) is 4.79 Å². The Labute approximate surface area is 124 Å². The Hall–Kier alpha value is -2.77. The molecule has 1 aliphatic carbocycles. The summed E-state index contributed by atoms with van der Waals surface area (Å²) in [5, 5.41) is 19.5. The van der Waals surface area contributed by atoms with Crippen molar-refractivity contribution in [2.75, 3.05) is 0 Å². The molecule has 0 unspecified atom stereocenters. The summed E-state index contributed by atoms with van der Waals surface area (Å²) in [5.41, 5.74) is 0.665. The molecular weight excluding hydrogens is 291 g/mol. The Morgan fingerprint density at radius 3 is 2.59 bits per heavy atom. The third kappa shape index (κ3) is 2.80. The van der Waals surface area contributed by atoms with Crippen molar-refractivity contribution in [3.63, 3.8) is 0 Å². The average Bonchev–Trinajstić information content (AvgIpc) is 2.92. The van der Waals surface area contributed by atoms with Gasteiger partial charge in [-0.3, -0.25) is 9.59 Å². The van der Waals surface area contributed by atoms with E-state index in [1.54, 1.807) is 0 Å². The number of amides is 1. The van der Waals surface area contributed by atoms with E-state index >= 15 is 0 Å². The van der Waals surface area contributed by atoms with Gasteiger partial charge in [0.05, 0.1) is 17.8 Å². The summed E-state index contributed by atoms with van der Waals surface area (Å²) in [6, 6.07) is 5.41. The number of carbonyl (C=O) groups is 2. The lowest BCUT2D eigenvalue weighted by Gasteiger charge is -2.32. The van der Waals surface area contributed by atoms with Crippen molar-refractivity contribution >= 4 is 11.9 Å². The lowest BCUT2D eigenvalue weighted by atomic mass is 9.80. The summed E-state index contributed by atoms with van der Waals surface area (Å²) < 4.78 is 12.9. The minimum atomic E-state index is -0.840. The maximum absolute atomic E-state index is 12.9. The number of nitrogens with one attached hydrogen (secondary N) is 1. The summed E-state index contributed by atoms with van der Waals surface area (Å²) in [6.07, 6.45) is 2.16. The van der Waals surface area contributed by atoms with Gasteiger partial charge in [-0.1, -0.05) is 0 Å². The molecule has 0 radical (unpaired) electrons. The highest BCUT2D eigenvalue weighted by Gasteiger charge is 2.35. The monoisotopic (exact) mass is 304 g/mol. The first kappa shape index (κ1) is 14.2. The molecule has 0 saturated heterocycles. The first-order chi connectivity index (χ1) is 10.5. The van der Waals surface area contributed by atoms with Gasteiger partial charge in [-0.05, 0) is 37.1 Å². The Bertz CT molecular complexity index is 707. The number of carboxylic acid groups (broad SMARTS) is 1. The zero-order chi connectivity index (χ0) is 15.7.